The third-order valence-corrected chi connectivity index (χ3v) is 4.31. The quantitative estimate of drug-likeness (QED) is 0.886. The molecule has 1 aliphatic rings. The van der Waals surface area contributed by atoms with Crippen LogP contribution in [0.2, 0.25) is 0 Å². The monoisotopic (exact) mass is 247 g/mol. The summed E-state index contributed by atoms with van der Waals surface area (Å²) < 4.78 is 0. The number of likely N-dealkylation sites (tertiary alicyclic amines) is 1. The molecule has 0 bridgehead atoms. The maximum Gasteiger partial charge on any atom is 0.0919 e. The van der Waals surface area contributed by atoms with Crippen molar-refractivity contribution in [2.75, 3.05) is 6.54 Å². The van der Waals surface area contributed by atoms with Crippen molar-refractivity contribution in [3.8, 4) is 0 Å². The normalized spacial score (nSPS) is 27.1. The molecule has 1 fully saturated rings. The van der Waals surface area contributed by atoms with Crippen LogP contribution in [0.1, 0.15) is 50.3 Å². The molecule has 1 N–H and O–H groups in total. The Balaban J connectivity index is 2.06. The van der Waals surface area contributed by atoms with E-state index in [0.717, 1.165) is 12.1 Å². The molecule has 0 radical (unpaired) electrons. The van der Waals surface area contributed by atoms with Gasteiger partial charge in [0.25, 0.3) is 0 Å². The minimum atomic E-state index is -0.366. The summed E-state index contributed by atoms with van der Waals surface area (Å²) in [5, 5.41) is 10.4. The Labute approximate surface area is 111 Å². The van der Waals surface area contributed by atoms with E-state index in [2.05, 4.69) is 31.7 Å². The van der Waals surface area contributed by atoms with Crippen molar-refractivity contribution in [2.24, 2.45) is 0 Å². The van der Waals surface area contributed by atoms with Crippen molar-refractivity contribution < 1.29 is 5.11 Å². The van der Waals surface area contributed by atoms with Gasteiger partial charge in [0.05, 0.1) is 6.10 Å². The van der Waals surface area contributed by atoms with Gasteiger partial charge in [-0.15, -0.1) is 0 Å². The summed E-state index contributed by atoms with van der Waals surface area (Å²) >= 11 is 0. The van der Waals surface area contributed by atoms with Crippen LogP contribution in [0, 0.1) is 6.92 Å². The number of hydrogen-bond acceptors (Lipinski definition) is 2. The average Bonchev–Trinajstić information content (AvgIpc) is 2.34. The first-order valence-corrected chi connectivity index (χ1v) is 7.09. The van der Waals surface area contributed by atoms with Crippen LogP contribution in [0.25, 0.3) is 0 Å². The SMILES string of the molecule is Cc1ccccc1C(O)CN1[C@H](C)CCC[C@@H]1C. The van der Waals surface area contributed by atoms with Gasteiger partial charge in [-0.1, -0.05) is 30.7 Å². The molecule has 3 atom stereocenters. The summed E-state index contributed by atoms with van der Waals surface area (Å²) in [6.07, 6.45) is 3.46. The molecule has 1 aromatic carbocycles. The fourth-order valence-electron chi connectivity index (χ4n) is 3.09. The number of hydrogen-bond donors (Lipinski definition) is 1. The van der Waals surface area contributed by atoms with Crippen molar-refractivity contribution in [3.63, 3.8) is 0 Å². The van der Waals surface area contributed by atoms with Crippen LogP contribution in [-0.2, 0) is 0 Å². The largest absolute Gasteiger partial charge is 0.387 e. The van der Waals surface area contributed by atoms with Crippen LogP contribution < -0.4 is 0 Å². The Hall–Kier alpha value is -0.860. The predicted molar refractivity (Wildman–Crippen MR) is 75.6 cm³/mol. The first-order valence-electron chi connectivity index (χ1n) is 7.09. The van der Waals surface area contributed by atoms with E-state index in [9.17, 15) is 5.11 Å². The van der Waals surface area contributed by atoms with Crippen molar-refractivity contribution in [3.05, 3.63) is 35.4 Å². The number of aliphatic hydroxyl groups is 1. The number of aliphatic hydroxyl groups excluding tert-OH is 1. The lowest BCUT2D eigenvalue weighted by Crippen LogP contribution is -2.45. The lowest BCUT2D eigenvalue weighted by atomic mass is 9.95. The molecule has 0 amide bonds. The van der Waals surface area contributed by atoms with E-state index in [1.54, 1.807) is 0 Å². The van der Waals surface area contributed by atoms with Gasteiger partial charge >= 0.3 is 0 Å². The van der Waals surface area contributed by atoms with E-state index in [1.807, 2.05) is 18.2 Å². The summed E-state index contributed by atoms with van der Waals surface area (Å²) in [7, 11) is 0. The highest BCUT2D eigenvalue weighted by atomic mass is 16.3. The second-order valence-corrected chi connectivity index (χ2v) is 5.70. The molecule has 2 heteroatoms. The minimum Gasteiger partial charge on any atom is -0.387 e. The van der Waals surface area contributed by atoms with Crippen molar-refractivity contribution in [1.82, 2.24) is 4.90 Å². The molecule has 18 heavy (non-hydrogen) atoms. The van der Waals surface area contributed by atoms with Gasteiger partial charge in [0.1, 0.15) is 0 Å². The number of benzene rings is 1. The third-order valence-electron chi connectivity index (χ3n) is 4.31. The smallest absolute Gasteiger partial charge is 0.0919 e. The molecule has 2 rings (SSSR count). The Morgan fingerprint density at radius 1 is 1.22 bits per heavy atom. The molecule has 0 spiro atoms. The molecule has 1 aromatic rings. The van der Waals surface area contributed by atoms with Crippen molar-refractivity contribution in [1.29, 1.82) is 0 Å². The van der Waals surface area contributed by atoms with Gasteiger partial charge in [-0.2, -0.15) is 0 Å². The van der Waals surface area contributed by atoms with Gasteiger partial charge in [-0.25, -0.2) is 0 Å². The van der Waals surface area contributed by atoms with E-state index in [-0.39, 0.29) is 6.10 Å². The van der Waals surface area contributed by atoms with E-state index in [4.69, 9.17) is 0 Å². The van der Waals surface area contributed by atoms with Crippen molar-refractivity contribution in [2.45, 2.75) is 58.2 Å². The summed E-state index contributed by atoms with van der Waals surface area (Å²) in [6, 6.07) is 9.33. The summed E-state index contributed by atoms with van der Waals surface area (Å²) in [5.41, 5.74) is 2.25. The highest BCUT2D eigenvalue weighted by molar-refractivity contribution is 5.27. The molecule has 100 valence electrons. The first-order chi connectivity index (χ1) is 8.59. The van der Waals surface area contributed by atoms with Gasteiger partial charge in [0, 0.05) is 18.6 Å². The Morgan fingerprint density at radius 3 is 2.44 bits per heavy atom. The van der Waals surface area contributed by atoms with Crippen LogP contribution in [0.5, 0.6) is 0 Å². The summed E-state index contributed by atoms with van der Waals surface area (Å²) in [6.45, 7) is 7.38. The lowest BCUT2D eigenvalue weighted by molar-refractivity contribution is 0.0409. The molecule has 1 saturated heterocycles. The van der Waals surface area contributed by atoms with Gasteiger partial charge in [0.2, 0.25) is 0 Å². The molecule has 1 unspecified atom stereocenters. The lowest BCUT2D eigenvalue weighted by Gasteiger charge is -2.40. The van der Waals surface area contributed by atoms with Gasteiger partial charge in [-0.3, -0.25) is 4.90 Å². The number of β-amino-alcohol motifs (C(OH)–C–C–N with tert-alkyl or cyclic N) is 1. The van der Waals surface area contributed by atoms with Gasteiger partial charge < -0.3 is 5.11 Å². The second kappa shape index (κ2) is 5.85. The maximum absolute atomic E-state index is 10.4. The van der Waals surface area contributed by atoms with Gasteiger partial charge in [0.15, 0.2) is 0 Å². The maximum atomic E-state index is 10.4. The summed E-state index contributed by atoms with van der Waals surface area (Å²) in [5.74, 6) is 0. The van der Waals surface area contributed by atoms with Crippen LogP contribution in [-0.4, -0.2) is 28.6 Å². The second-order valence-electron chi connectivity index (χ2n) is 5.70. The highest BCUT2D eigenvalue weighted by Gasteiger charge is 2.27. The van der Waals surface area contributed by atoms with Crippen molar-refractivity contribution >= 4 is 0 Å². The number of aryl methyl sites for hydroxylation is 1. The Bertz CT molecular complexity index is 380. The Morgan fingerprint density at radius 2 is 1.83 bits per heavy atom. The average molecular weight is 247 g/mol. The zero-order valence-electron chi connectivity index (χ0n) is 11.8. The van der Waals surface area contributed by atoms with E-state index < -0.39 is 0 Å². The number of nitrogens with zero attached hydrogens (tertiary/aromatic N) is 1. The molecule has 0 saturated carbocycles. The van der Waals surface area contributed by atoms with Gasteiger partial charge in [-0.05, 0) is 44.7 Å². The zero-order chi connectivity index (χ0) is 13.1. The molecule has 0 aromatic heterocycles. The fourth-order valence-corrected chi connectivity index (χ4v) is 3.09. The molecular formula is C16H25NO. The number of piperidine rings is 1. The molecule has 2 nitrogen and oxygen atoms in total. The zero-order valence-corrected chi connectivity index (χ0v) is 11.8. The van der Waals surface area contributed by atoms with Crippen LogP contribution in [0.15, 0.2) is 24.3 Å². The van der Waals surface area contributed by atoms with E-state index >= 15 is 0 Å². The number of rotatable bonds is 3. The fraction of sp³-hybridized carbons (Fsp3) is 0.625. The topological polar surface area (TPSA) is 23.5 Å². The van der Waals surface area contributed by atoms with E-state index in [0.29, 0.717) is 12.1 Å². The highest BCUT2D eigenvalue weighted by Crippen LogP contribution is 2.26. The molecular weight excluding hydrogens is 222 g/mol. The third kappa shape index (κ3) is 2.93. The predicted octanol–water partition coefficient (Wildman–Crippen LogP) is 3.29. The Kier molecular flexibility index (Phi) is 4.41. The van der Waals surface area contributed by atoms with Crippen LogP contribution >= 0.6 is 0 Å². The molecule has 1 heterocycles. The molecule has 1 aliphatic heterocycles. The van der Waals surface area contributed by atoms with E-state index in [1.165, 1.54) is 24.8 Å². The standard InChI is InChI=1S/C16H25NO/c1-12-7-4-5-10-15(12)16(18)11-17-13(2)8-6-9-14(17)3/h4-5,7,10,13-14,16,18H,6,8-9,11H2,1-3H3/t13-,14+,16?. The van der Waals surface area contributed by atoms with Crippen LogP contribution in [0.4, 0.5) is 0 Å². The van der Waals surface area contributed by atoms with Crippen LogP contribution in [0.3, 0.4) is 0 Å². The summed E-state index contributed by atoms with van der Waals surface area (Å²) in [4.78, 5) is 2.46. The first kappa shape index (κ1) is 13.6. The minimum absolute atomic E-state index is 0.366. The molecule has 0 aliphatic carbocycles.